The Morgan fingerprint density at radius 3 is 2.14 bits per heavy atom. The maximum atomic E-state index is 14.3. The van der Waals surface area contributed by atoms with Gasteiger partial charge < -0.3 is 10.2 Å². The fraction of sp³-hybridized carbons (Fsp3) is 0.375. The number of hydrogen-bond donors (Lipinski definition) is 1. The third-order valence-corrected chi connectivity index (χ3v) is 9.47. The molecule has 1 unspecified atom stereocenters. The van der Waals surface area contributed by atoms with E-state index in [2.05, 4.69) is 5.32 Å². The molecule has 1 N–H and O–H groups in total. The first-order chi connectivity index (χ1) is 19.5. The maximum Gasteiger partial charge on any atom is 0.264 e. The van der Waals surface area contributed by atoms with Gasteiger partial charge in [-0.2, -0.15) is 0 Å². The molecule has 0 saturated heterocycles. The maximum absolute atomic E-state index is 14.3. The van der Waals surface area contributed by atoms with Crippen LogP contribution in [-0.4, -0.2) is 43.3 Å². The van der Waals surface area contributed by atoms with Crippen molar-refractivity contribution in [3.8, 4) is 0 Å². The molecule has 2 amide bonds. The van der Waals surface area contributed by atoms with Crippen LogP contribution < -0.4 is 9.62 Å². The smallest absolute Gasteiger partial charge is 0.264 e. The van der Waals surface area contributed by atoms with E-state index in [9.17, 15) is 18.0 Å². The molecule has 10 heteroatoms. The van der Waals surface area contributed by atoms with Crippen LogP contribution in [0.2, 0.25) is 10.0 Å². The zero-order valence-electron chi connectivity index (χ0n) is 25.2. The van der Waals surface area contributed by atoms with Crippen LogP contribution in [0.5, 0.6) is 0 Å². The second kappa shape index (κ2) is 13.5. The molecule has 1 atom stereocenters. The van der Waals surface area contributed by atoms with Crippen molar-refractivity contribution in [3.05, 3.63) is 93.0 Å². The summed E-state index contributed by atoms with van der Waals surface area (Å²) in [5.41, 5.74) is 3.03. The first-order valence-electron chi connectivity index (χ1n) is 13.8. The van der Waals surface area contributed by atoms with Crippen LogP contribution in [0.3, 0.4) is 0 Å². The van der Waals surface area contributed by atoms with E-state index in [-0.39, 0.29) is 17.3 Å². The number of halogens is 2. The topological polar surface area (TPSA) is 86.8 Å². The minimum absolute atomic E-state index is 0.0248. The Morgan fingerprint density at radius 2 is 1.57 bits per heavy atom. The third-order valence-electron chi connectivity index (χ3n) is 6.95. The fourth-order valence-corrected chi connectivity index (χ4v) is 6.36. The van der Waals surface area contributed by atoms with Gasteiger partial charge in [0.1, 0.15) is 12.6 Å². The van der Waals surface area contributed by atoms with Crippen molar-refractivity contribution in [1.29, 1.82) is 0 Å². The standard InChI is InChI=1S/C32H39Cl2N3O4S/c1-8-28(31(39)35-32(5,6)7)36(19-24-14-17-26(33)27(34)18-24)30(38)20-37(29-11-9-10-22(3)23(29)4)42(40,41)25-15-12-21(2)13-16-25/h9-18,28H,8,19-20H2,1-7H3,(H,35,39). The molecule has 3 aromatic rings. The highest BCUT2D eigenvalue weighted by Crippen LogP contribution is 2.30. The quantitative estimate of drug-likeness (QED) is 0.265. The monoisotopic (exact) mass is 631 g/mol. The second-order valence-corrected chi connectivity index (χ2v) is 14.2. The zero-order valence-corrected chi connectivity index (χ0v) is 27.5. The molecule has 0 aromatic heterocycles. The van der Waals surface area contributed by atoms with Gasteiger partial charge >= 0.3 is 0 Å². The number of rotatable bonds is 10. The molecule has 7 nitrogen and oxygen atoms in total. The number of anilines is 1. The molecular formula is C32H39Cl2N3O4S. The van der Waals surface area contributed by atoms with Crippen molar-refractivity contribution in [1.82, 2.24) is 10.2 Å². The average Bonchev–Trinajstić information content (AvgIpc) is 2.90. The molecule has 3 rings (SSSR count). The summed E-state index contributed by atoms with van der Waals surface area (Å²) < 4.78 is 29.4. The Balaban J connectivity index is 2.13. The highest BCUT2D eigenvalue weighted by molar-refractivity contribution is 7.92. The molecule has 0 spiro atoms. The minimum Gasteiger partial charge on any atom is -0.350 e. The fourth-order valence-electron chi connectivity index (χ4n) is 4.56. The lowest BCUT2D eigenvalue weighted by Gasteiger charge is -2.35. The van der Waals surface area contributed by atoms with Crippen molar-refractivity contribution < 1.29 is 18.0 Å². The van der Waals surface area contributed by atoms with Crippen molar-refractivity contribution in [2.75, 3.05) is 10.8 Å². The Bertz CT molecular complexity index is 1550. The van der Waals surface area contributed by atoms with Crippen LogP contribution in [0.25, 0.3) is 0 Å². The predicted molar refractivity (Wildman–Crippen MR) is 171 cm³/mol. The summed E-state index contributed by atoms with van der Waals surface area (Å²) in [6, 6.07) is 16.0. The third kappa shape index (κ3) is 8.06. The number of aryl methyl sites for hydroxylation is 2. The van der Waals surface area contributed by atoms with E-state index in [4.69, 9.17) is 23.2 Å². The van der Waals surface area contributed by atoms with E-state index >= 15 is 0 Å². The molecule has 0 radical (unpaired) electrons. The van der Waals surface area contributed by atoms with E-state index in [0.29, 0.717) is 27.7 Å². The number of carbonyl (C=O) groups is 2. The van der Waals surface area contributed by atoms with Gasteiger partial charge in [-0.1, -0.05) is 66.0 Å². The van der Waals surface area contributed by atoms with E-state index < -0.39 is 34.1 Å². The summed E-state index contributed by atoms with van der Waals surface area (Å²) in [6.45, 7) is 12.5. The van der Waals surface area contributed by atoms with E-state index in [1.54, 1.807) is 42.5 Å². The van der Waals surface area contributed by atoms with Crippen molar-refractivity contribution >= 4 is 50.7 Å². The Morgan fingerprint density at radius 1 is 0.929 bits per heavy atom. The first-order valence-corrected chi connectivity index (χ1v) is 16.0. The highest BCUT2D eigenvalue weighted by Gasteiger charge is 2.35. The molecule has 226 valence electrons. The Hall–Kier alpha value is -3.07. The number of sulfonamides is 1. The normalized spacial score (nSPS) is 12.5. The molecule has 0 fully saturated rings. The molecule has 0 aliphatic heterocycles. The molecule has 0 saturated carbocycles. The van der Waals surface area contributed by atoms with Gasteiger partial charge in [-0.05, 0) is 95.0 Å². The number of carbonyl (C=O) groups excluding carboxylic acids is 2. The Kier molecular flexibility index (Phi) is 10.7. The molecule has 0 bridgehead atoms. The number of amides is 2. The van der Waals surface area contributed by atoms with Crippen LogP contribution in [-0.2, 0) is 26.2 Å². The van der Waals surface area contributed by atoms with Gasteiger partial charge in [-0.3, -0.25) is 13.9 Å². The van der Waals surface area contributed by atoms with Gasteiger partial charge in [-0.25, -0.2) is 8.42 Å². The lowest BCUT2D eigenvalue weighted by Crippen LogP contribution is -2.55. The average molecular weight is 633 g/mol. The number of nitrogens with one attached hydrogen (secondary N) is 1. The molecule has 42 heavy (non-hydrogen) atoms. The summed E-state index contributed by atoms with van der Waals surface area (Å²) in [7, 11) is -4.16. The summed E-state index contributed by atoms with van der Waals surface area (Å²) in [6.07, 6.45) is 0.309. The van der Waals surface area contributed by atoms with Crippen molar-refractivity contribution in [2.24, 2.45) is 0 Å². The largest absolute Gasteiger partial charge is 0.350 e. The summed E-state index contributed by atoms with van der Waals surface area (Å²) >= 11 is 12.4. The highest BCUT2D eigenvalue weighted by atomic mass is 35.5. The number of benzene rings is 3. The molecule has 0 heterocycles. The number of nitrogens with zero attached hydrogens (tertiary/aromatic N) is 2. The molecule has 0 aliphatic carbocycles. The SMILES string of the molecule is CCC(C(=O)NC(C)(C)C)N(Cc1ccc(Cl)c(Cl)c1)C(=O)CN(c1cccc(C)c1C)S(=O)(=O)c1ccc(C)cc1. The van der Waals surface area contributed by atoms with E-state index in [1.165, 1.54) is 17.0 Å². The van der Waals surface area contributed by atoms with Crippen LogP contribution in [0, 0.1) is 20.8 Å². The second-order valence-electron chi connectivity index (χ2n) is 11.5. The summed E-state index contributed by atoms with van der Waals surface area (Å²) in [5, 5.41) is 3.64. The molecule has 0 aliphatic rings. The van der Waals surface area contributed by atoms with Crippen molar-refractivity contribution in [2.45, 2.75) is 77.9 Å². The van der Waals surface area contributed by atoms with E-state index in [1.807, 2.05) is 54.5 Å². The van der Waals surface area contributed by atoms with Gasteiger partial charge in [0.15, 0.2) is 0 Å². The lowest BCUT2D eigenvalue weighted by molar-refractivity contribution is -0.141. The predicted octanol–water partition coefficient (Wildman–Crippen LogP) is 6.84. The van der Waals surface area contributed by atoms with Gasteiger partial charge in [-0.15, -0.1) is 0 Å². The van der Waals surface area contributed by atoms with Gasteiger partial charge in [0, 0.05) is 12.1 Å². The van der Waals surface area contributed by atoms with Crippen LogP contribution in [0.15, 0.2) is 65.6 Å². The number of hydrogen-bond acceptors (Lipinski definition) is 4. The zero-order chi connectivity index (χ0) is 31.4. The van der Waals surface area contributed by atoms with Crippen LogP contribution >= 0.6 is 23.2 Å². The molecular weight excluding hydrogens is 593 g/mol. The van der Waals surface area contributed by atoms with Gasteiger partial charge in [0.25, 0.3) is 10.0 Å². The van der Waals surface area contributed by atoms with Crippen molar-refractivity contribution in [3.63, 3.8) is 0 Å². The summed E-state index contributed by atoms with van der Waals surface area (Å²) in [5.74, 6) is -0.869. The molecule has 3 aromatic carbocycles. The van der Waals surface area contributed by atoms with E-state index in [0.717, 1.165) is 21.0 Å². The van der Waals surface area contributed by atoms with Crippen LogP contribution in [0.1, 0.15) is 56.4 Å². The Labute approximate surface area is 259 Å². The minimum atomic E-state index is -4.16. The van der Waals surface area contributed by atoms with Gasteiger partial charge in [0.2, 0.25) is 11.8 Å². The first kappa shape index (κ1) is 33.4. The van der Waals surface area contributed by atoms with Crippen LogP contribution in [0.4, 0.5) is 5.69 Å². The summed E-state index contributed by atoms with van der Waals surface area (Å²) in [4.78, 5) is 29.2. The van der Waals surface area contributed by atoms with Gasteiger partial charge in [0.05, 0.1) is 20.6 Å². The lowest BCUT2D eigenvalue weighted by atomic mass is 10.1.